The number of hydrogen-bond donors (Lipinski definition) is 0. The Labute approximate surface area is 80.3 Å². The van der Waals surface area contributed by atoms with Gasteiger partial charge in [-0.25, -0.2) is 4.98 Å². The summed E-state index contributed by atoms with van der Waals surface area (Å²) < 4.78 is 2.14. The molecule has 0 radical (unpaired) electrons. The highest BCUT2D eigenvalue weighted by Crippen LogP contribution is 2.02. The summed E-state index contributed by atoms with van der Waals surface area (Å²) in [6.07, 6.45) is 11.9. The van der Waals surface area contributed by atoms with Crippen LogP contribution >= 0.6 is 0 Å². The summed E-state index contributed by atoms with van der Waals surface area (Å²) in [7, 11) is 0. The van der Waals surface area contributed by atoms with E-state index in [4.69, 9.17) is 0 Å². The first-order valence-corrected chi connectivity index (χ1v) is 5.06. The third kappa shape index (κ3) is 3.05. The van der Waals surface area contributed by atoms with Crippen molar-refractivity contribution in [3.63, 3.8) is 0 Å². The van der Waals surface area contributed by atoms with E-state index in [0.717, 1.165) is 18.8 Å². The van der Waals surface area contributed by atoms with Gasteiger partial charge in [-0.15, -0.1) is 0 Å². The van der Waals surface area contributed by atoms with E-state index in [0.29, 0.717) is 0 Å². The van der Waals surface area contributed by atoms with Crippen LogP contribution in [0.2, 0.25) is 0 Å². The van der Waals surface area contributed by atoms with Gasteiger partial charge in [-0.3, -0.25) is 0 Å². The molecule has 0 aliphatic rings. The number of unbranched alkanes of at least 4 members (excludes halogenated alkanes) is 2. The van der Waals surface area contributed by atoms with Crippen molar-refractivity contribution in [1.82, 2.24) is 9.55 Å². The molecule has 2 heteroatoms. The highest BCUT2D eigenvalue weighted by atomic mass is 15.0. The molecule has 0 N–H and O–H groups in total. The molecule has 0 fully saturated rings. The van der Waals surface area contributed by atoms with E-state index in [2.05, 4.69) is 35.6 Å². The highest BCUT2D eigenvalue weighted by Gasteiger charge is 1.93. The summed E-state index contributed by atoms with van der Waals surface area (Å²) in [4.78, 5) is 4.26. The zero-order valence-corrected chi connectivity index (χ0v) is 8.53. The molecule has 13 heavy (non-hydrogen) atoms. The number of aryl methyl sites for hydroxylation is 1. The van der Waals surface area contributed by atoms with Crippen molar-refractivity contribution in [3.05, 3.63) is 24.3 Å². The van der Waals surface area contributed by atoms with E-state index < -0.39 is 0 Å². The largest absolute Gasteiger partial charge is 0.332 e. The Balaban J connectivity index is 2.47. The van der Waals surface area contributed by atoms with Gasteiger partial charge in [-0.2, -0.15) is 0 Å². The second kappa shape index (κ2) is 5.57. The van der Waals surface area contributed by atoms with Gasteiger partial charge in [0.1, 0.15) is 5.82 Å². The third-order valence-corrected chi connectivity index (χ3v) is 2.08. The van der Waals surface area contributed by atoms with Crippen molar-refractivity contribution in [2.75, 3.05) is 0 Å². The maximum Gasteiger partial charge on any atom is 0.132 e. The third-order valence-electron chi connectivity index (χ3n) is 2.08. The molecular weight excluding hydrogens is 160 g/mol. The first kappa shape index (κ1) is 10.0. The molecule has 0 saturated heterocycles. The average molecular weight is 178 g/mol. The normalized spacial score (nSPS) is 11.2. The minimum Gasteiger partial charge on any atom is -0.332 e. The van der Waals surface area contributed by atoms with Gasteiger partial charge in [0.2, 0.25) is 0 Å². The van der Waals surface area contributed by atoms with Crippen LogP contribution in [0.5, 0.6) is 0 Å². The van der Waals surface area contributed by atoms with Crippen molar-refractivity contribution in [2.45, 2.75) is 39.7 Å². The highest BCUT2D eigenvalue weighted by molar-refractivity contribution is 5.40. The number of allylic oxidation sites excluding steroid dienone is 1. The molecule has 1 aromatic rings. The lowest BCUT2D eigenvalue weighted by molar-refractivity contribution is 0.751. The first-order valence-electron chi connectivity index (χ1n) is 5.06. The Bertz CT molecular complexity index is 261. The zero-order valence-electron chi connectivity index (χ0n) is 8.53. The van der Waals surface area contributed by atoms with Gasteiger partial charge in [0, 0.05) is 18.9 Å². The number of rotatable bonds is 5. The predicted molar refractivity (Wildman–Crippen MR) is 56.5 cm³/mol. The van der Waals surface area contributed by atoms with Crippen LogP contribution in [-0.2, 0) is 6.54 Å². The summed E-state index contributed by atoms with van der Waals surface area (Å²) in [5.41, 5.74) is 0. The molecule has 0 bridgehead atoms. The molecule has 0 amide bonds. The van der Waals surface area contributed by atoms with Crippen LogP contribution in [-0.4, -0.2) is 9.55 Å². The lowest BCUT2D eigenvalue weighted by Gasteiger charge is -1.98. The molecule has 0 saturated carbocycles. The molecule has 1 heterocycles. The predicted octanol–water partition coefficient (Wildman–Crippen LogP) is 3.11. The Kier molecular flexibility index (Phi) is 4.30. The summed E-state index contributed by atoms with van der Waals surface area (Å²) >= 11 is 0. The summed E-state index contributed by atoms with van der Waals surface area (Å²) in [6.45, 7) is 5.33. The number of hydrogen-bond acceptors (Lipinski definition) is 1. The molecule has 0 aliphatic carbocycles. The lowest BCUT2D eigenvalue weighted by Crippen LogP contribution is -1.94. The lowest BCUT2D eigenvalue weighted by atomic mass is 10.2. The van der Waals surface area contributed by atoms with Crippen molar-refractivity contribution in [3.8, 4) is 0 Å². The number of imidazole rings is 1. The van der Waals surface area contributed by atoms with Gasteiger partial charge in [0.05, 0.1) is 0 Å². The molecule has 1 rings (SSSR count). The second-order valence-electron chi connectivity index (χ2n) is 3.12. The minimum atomic E-state index is 0.994. The van der Waals surface area contributed by atoms with E-state index in [1.807, 2.05) is 12.4 Å². The van der Waals surface area contributed by atoms with Crippen LogP contribution in [0, 0.1) is 0 Å². The van der Waals surface area contributed by atoms with Gasteiger partial charge >= 0.3 is 0 Å². The fourth-order valence-corrected chi connectivity index (χ4v) is 1.26. The van der Waals surface area contributed by atoms with Gasteiger partial charge in [0.15, 0.2) is 0 Å². The van der Waals surface area contributed by atoms with E-state index >= 15 is 0 Å². The van der Waals surface area contributed by atoms with Crippen LogP contribution in [0.25, 0.3) is 6.08 Å². The van der Waals surface area contributed by atoms with Gasteiger partial charge < -0.3 is 4.57 Å². The van der Waals surface area contributed by atoms with Crippen molar-refractivity contribution in [2.24, 2.45) is 0 Å². The topological polar surface area (TPSA) is 17.8 Å². The molecular formula is C11H18N2. The Hall–Kier alpha value is -1.05. The molecule has 72 valence electrons. The maximum atomic E-state index is 4.26. The molecule has 0 spiro atoms. The van der Waals surface area contributed by atoms with Crippen LogP contribution in [0.4, 0.5) is 0 Å². The van der Waals surface area contributed by atoms with E-state index in [-0.39, 0.29) is 0 Å². The zero-order chi connectivity index (χ0) is 9.52. The van der Waals surface area contributed by atoms with Crippen molar-refractivity contribution >= 4 is 6.08 Å². The molecule has 0 aromatic carbocycles. The van der Waals surface area contributed by atoms with Crippen LogP contribution < -0.4 is 0 Å². The number of aromatic nitrogens is 2. The van der Waals surface area contributed by atoms with E-state index in [1.165, 1.54) is 12.8 Å². The minimum absolute atomic E-state index is 0.994. The summed E-state index contributed by atoms with van der Waals surface area (Å²) in [6, 6.07) is 0. The van der Waals surface area contributed by atoms with E-state index in [9.17, 15) is 0 Å². The SMILES string of the molecule is CCCCC=Cc1nccn1CC. The first-order chi connectivity index (χ1) is 6.38. The van der Waals surface area contributed by atoms with Crippen molar-refractivity contribution < 1.29 is 0 Å². The monoisotopic (exact) mass is 178 g/mol. The molecule has 0 aliphatic heterocycles. The second-order valence-corrected chi connectivity index (χ2v) is 3.12. The standard InChI is InChI=1S/C11H18N2/c1-3-5-6-7-8-11-12-9-10-13(11)4-2/h7-10H,3-6H2,1-2H3. The molecule has 2 nitrogen and oxygen atoms in total. The summed E-state index contributed by atoms with van der Waals surface area (Å²) in [5.74, 6) is 1.07. The van der Waals surface area contributed by atoms with Crippen molar-refractivity contribution in [1.29, 1.82) is 0 Å². The molecule has 0 unspecified atom stereocenters. The molecule has 0 atom stereocenters. The summed E-state index contributed by atoms with van der Waals surface area (Å²) in [5, 5.41) is 0. The maximum absolute atomic E-state index is 4.26. The van der Waals surface area contributed by atoms with Gasteiger partial charge in [0.25, 0.3) is 0 Å². The van der Waals surface area contributed by atoms with E-state index in [1.54, 1.807) is 0 Å². The number of nitrogens with zero attached hydrogens (tertiary/aromatic N) is 2. The Morgan fingerprint density at radius 2 is 2.31 bits per heavy atom. The quantitative estimate of drug-likeness (QED) is 0.633. The molecule has 1 aromatic heterocycles. The van der Waals surface area contributed by atoms with Gasteiger partial charge in [-0.05, 0) is 19.4 Å². The fourth-order valence-electron chi connectivity index (χ4n) is 1.26. The Morgan fingerprint density at radius 3 is 3.00 bits per heavy atom. The van der Waals surface area contributed by atoms with Crippen LogP contribution in [0.1, 0.15) is 38.9 Å². The average Bonchev–Trinajstić information content (AvgIpc) is 2.60. The van der Waals surface area contributed by atoms with Gasteiger partial charge in [-0.1, -0.05) is 25.8 Å². The Morgan fingerprint density at radius 1 is 1.46 bits per heavy atom. The fraction of sp³-hybridized carbons (Fsp3) is 0.545. The van der Waals surface area contributed by atoms with Crippen LogP contribution in [0.3, 0.4) is 0 Å². The smallest absolute Gasteiger partial charge is 0.132 e. The van der Waals surface area contributed by atoms with Crippen LogP contribution in [0.15, 0.2) is 18.5 Å².